The summed E-state index contributed by atoms with van der Waals surface area (Å²) in [6.45, 7) is 0. The smallest absolute Gasteiger partial charge is 0.0906 e. The molecule has 0 saturated carbocycles. The molecule has 3 aromatic carbocycles. The van der Waals surface area contributed by atoms with E-state index in [0.717, 1.165) is 66.6 Å². The number of aromatic nitrogens is 4. The average molecular weight is 535 g/mol. The number of hydrogen-bond acceptors (Lipinski definition) is 4. The van der Waals surface area contributed by atoms with Gasteiger partial charge in [0, 0.05) is 47.0 Å². The van der Waals surface area contributed by atoms with Crippen LogP contribution in [0.25, 0.3) is 44.3 Å². The predicted molar refractivity (Wildman–Crippen MR) is 168 cm³/mol. The molecule has 0 aliphatic carbocycles. The van der Waals surface area contributed by atoms with Crippen molar-refractivity contribution in [1.29, 1.82) is 0 Å². The minimum atomic E-state index is 0.750. The Morgan fingerprint density at radius 1 is 0.381 bits per heavy atom. The van der Waals surface area contributed by atoms with E-state index < -0.39 is 0 Å². The van der Waals surface area contributed by atoms with Crippen LogP contribution in [0.15, 0.2) is 134 Å². The molecule has 4 nitrogen and oxygen atoms in total. The lowest BCUT2D eigenvalue weighted by molar-refractivity contribution is 1.21. The van der Waals surface area contributed by atoms with Gasteiger partial charge in [0.05, 0.1) is 22.8 Å². The Morgan fingerprint density at radius 3 is 1.29 bits per heavy atom. The average Bonchev–Trinajstić information content (AvgIpc) is 3.07. The van der Waals surface area contributed by atoms with Crippen LogP contribution in [0.5, 0.6) is 0 Å². The highest BCUT2D eigenvalue weighted by Crippen LogP contribution is 2.32. The van der Waals surface area contributed by atoms with E-state index in [1.54, 1.807) is 24.8 Å². The van der Waals surface area contributed by atoms with Crippen molar-refractivity contribution in [3.8, 4) is 46.5 Å². The molecule has 0 bridgehead atoms. The Hall–Kier alpha value is -6.10. The van der Waals surface area contributed by atoms with Crippen molar-refractivity contribution < 1.29 is 0 Å². The van der Waals surface area contributed by atoms with Gasteiger partial charge in [0.15, 0.2) is 0 Å². The van der Waals surface area contributed by atoms with Crippen molar-refractivity contribution in [3.63, 3.8) is 0 Å². The molecular weight excluding hydrogens is 512 g/mol. The van der Waals surface area contributed by atoms with Gasteiger partial charge >= 0.3 is 0 Å². The van der Waals surface area contributed by atoms with E-state index >= 15 is 0 Å². The van der Waals surface area contributed by atoms with E-state index in [1.807, 2.05) is 84.9 Å². The standard InChI is InChI=1S/C38H22N4/c1-3-11-31-29(9-1)33(17-15-27-19-23-39-24-20-27)30-10-2-4-12-32(30)34(31)18-16-28-25-37(35-13-5-7-21-40-35)42-38(26-28)36-14-6-8-22-41-36/h1-14,19-26H. The number of fused-ring (bicyclic) bond motifs is 2. The van der Waals surface area contributed by atoms with Crippen molar-refractivity contribution in [2.75, 3.05) is 0 Å². The highest BCUT2D eigenvalue weighted by Gasteiger charge is 2.12. The summed E-state index contributed by atoms with van der Waals surface area (Å²) >= 11 is 0. The molecule has 0 aliphatic heterocycles. The quantitative estimate of drug-likeness (QED) is 0.168. The number of hydrogen-bond donors (Lipinski definition) is 0. The Morgan fingerprint density at radius 2 is 0.833 bits per heavy atom. The van der Waals surface area contributed by atoms with Crippen LogP contribution >= 0.6 is 0 Å². The van der Waals surface area contributed by atoms with Gasteiger partial charge in [-0.25, -0.2) is 4.98 Å². The minimum absolute atomic E-state index is 0.750. The normalized spacial score (nSPS) is 10.5. The number of pyridine rings is 4. The van der Waals surface area contributed by atoms with Gasteiger partial charge in [0.1, 0.15) is 0 Å². The molecule has 4 aromatic heterocycles. The first-order chi connectivity index (χ1) is 20.8. The summed E-state index contributed by atoms with van der Waals surface area (Å²) in [5, 5.41) is 4.26. The third-order valence-corrected chi connectivity index (χ3v) is 6.96. The maximum Gasteiger partial charge on any atom is 0.0906 e. The zero-order valence-electron chi connectivity index (χ0n) is 22.5. The molecule has 0 amide bonds. The lowest BCUT2D eigenvalue weighted by atomic mass is 9.92. The van der Waals surface area contributed by atoms with Crippen molar-refractivity contribution in [2.45, 2.75) is 0 Å². The lowest BCUT2D eigenvalue weighted by Crippen LogP contribution is -1.94. The summed E-state index contributed by atoms with van der Waals surface area (Å²) < 4.78 is 0. The summed E-state index contributed by atoms with van der Waals surface area (Å²) in [4.78, 5) is 18.0. The number of rotatable bonds is 2. The molecule has 0 radical (unpaired) electrons. The summed E-state index contributed by atoms with van der Waals surface area (Å²) in [6, 6.07) is 36.1. The summed E-state index contributed by atoms with van der Waals surface area (Å²) in [7, 11) is 0. The van der Waals surface area contributed by atoms with E-state index in [-0.39, 0.29) is 0 Å². The van der Waals surface area contributed by atoms with Gasteiger partial charge in [-0.15, -0.1) is 0 Å². The van der Waals surface area contributed by atoms with E-state index in [9.17, 15) is 0 Å². The Bertz CT molecular complexity index is 2070. The SMILES string of the molecule is C(#Cc1c2ccccc2c(C#Cc2cc(-c3ccccn3)nc(-c3ccccn3)c2)c2ccccc12)c1ccncc1. The van der Waals surface area contributed by atoms with Crippen molar-refractivity contribution >= 4 is 21.5 Å². The maximum absolute atomic E-state index is 4.87. The van der Waals surface area contributed by atoms with Gasteiger partial charge < -0.3 is 0 Å². The molecule has 0 spiro atoms. The minimum Gasteiger partial charge on any atom is -0.265 e. The van der Waals surface area contributed by atoms with Crippen molar-refractivity contribution in [2.24, 2.45) is 0 Å². The first-order valence-electron chi connectivity index (χ1n) is 13.6. The summed E-state index contributed by atoms with van der Waals surface area (Å²) in [5.41, 5.74) is 6.78. The molecular formula is C38H22N4. The molecule has 0 atom stereocenters. The molecule has 7 rings (SSSR count). The van der Waals surface area contributed by atoms with Crippen molar-refractivity contribution in [3.05, 3.63) is 156 Å². The van der Waals surface area contributed by atoms with Gasteiger partial charge in [0.25, 0.3) is 0 Å². The molecule has 0 aliphatic rings. The highest BCUT2D eigenvalue weighted by molar-refractivity contribution is 6.09. The van der Waals surface area contributed by atoms with Gasteiger partial charge in [0.2, 0.25) is 0 Å². The zero-order chi connectivity index (χ0) is 28.1. The molecule has 7 aromatic rings. The molecule has 4 heterocycles. The first-order valence-corrected chi connectivity index (χ1v) is 13.6. The molecule has 0 N–H and O–H groups in total. The topological polar surface area (TPSA) is 51.6 Å². The fraction of sp³-hybridized carbons (Fsp3) is 0. The fourth-order valence-corrected chi connectivity index (χ4v) is 5.00. The summed E-state index contributed by atoms with van der Waals surface area (Å²) in [5.74, 6) is 13.8. The Labute approximate surface area is 243 Å². The molecule has 0 saturated heterocycles. The predicted octanol–water partition coefficient (Wildman–Crippen LogP) is 7.71. The van der Waals surface area contributed by atoms with Gasteiger partial charge in [-0.2, -0.15) is 0 Å². The lowest BCUT2D eigenvalue weighted by Gasteiger charge is -2.10. The van der Waals surface area contributed by atoms with Crippen LogP contribution in [-0.4, -0.2) is 19.9 Å². The van der Waals surface area contributed by atoms with Crippen LogP contribution in [0, 0.1) is 23.7 Å². The molecule has 42 heavy (non-hydrogen) atoms. The Balaban J connectivity index is 1.43. The van der Waals surface area contributed by atoms with Crippen LogP contribution in [0.3, 0.4) is 0 Å². The van der Waals surface area contributed by atoms with Crippen LogP contribution < -0.4 is 0 Å². The molecule has 4 heteroatoms. The Kier molecular flexibility index (Phi) is 6.63. The van der Waals surface area contributed by atoms with Gasteiger partial charge in [-0.1, -0.05) is 84.3 Å². The van der Waals surface area contributed by atoms with E-state index in [4.69, 9.17) is 4.98 Å². The fourth-order valence-electron chi connectivity index (χ4n) is 5.00. The van der Waals surface area contributed by atoms with Crippen LogP contribution in [0.2, 0.25) is 0 Å². The second-order valence-electron chi connectivity index (χ2n) is 9.63. The first kappa shape index (κ1) is 24.9. The van der Waals surface area contributed by atoms with Gasteiger partial charge in [-0.3, -0.25) is 15.0 Å². The van der Waals surface area contributed by atoms with Crippen LogP contribution in [-0.2, 0) is 0 Å². The number of benzene rings is 3. The maximum atomic E-state index is 4.87. The monoisotopic (exact) mass is 534 g/mol. The van der Waals surface area contributed by atoms with Gasteiger partial charge in [-0.05, 0) is 70.1 Å². The van der Waals surface area contributed by atoms with E-state index in [1.165, 1.54) is 0 Å². The second-order valence-corrected chi connectivity index (χ2v) is 9.63. The third-order valence-electron chi connectivity index (χ3n) is 6.96. The van der Waals surface area contributed by atoms with Crippen molar-refractivity contribution in [1.82, 2.24) is 19.9 Å². The zero-order valence-corrected chi connectivity index (χ0v) is 22.5. The third kappa shape index (κ3) is 4.97. The van der Waals surface area contributed by atoms with Crippen LogP contribution in [0.4, 0.5) is 0 Å². The van der Waals surface area contributed by atoms with Crippen LogP contribution in [0.1, 0.15) is 22.3 Å². The largest absolute Gasteiger partial charge is 0.265 e. The molecule has 0 fully saturated rings. The second kappa shape index (κ2) is 11.2. The summed E-state index contributed by atoms with van der Waals surface area (Å²) in [6.07, 6.45) is 7.06. The highest BCUT2D eigenvalue weighted by atomic mass is 14.8. The molecule has 0 unspecified atom stereocenters. The molecule has 194 valence electrons. The number of nitrogens with zero attached hydrogens (tertiary/aromatic N) is 4. The van der Waals surface area contributed by atoms with E-state index in [0.29, 0.717) is 0 Å². The van der Waals surface area contributed by atoms with E-state index in [2.05, 4.69) is 62.9 Å².